The van der Waals surface area contributed by atoms with Crippen LogP contribution in [0.1, 0.15) is 22.7 Å². The van der Waals surface area contributed by atoms with E-state index in [1.165, 1.54) is 6.33 Å². The topological polar surface area (TPSA) is 72.7 Å². The van der Waals surface area contributed by atoms with Crippen LogP contribution in [0.2, 0.25) is 0 Å². The molecule has 1 amide bonds. The number of hydrogen-bond acceptors (Lipinski definition) is 4. The van der Waals surface area contributed by atoms with Crippen LogP contribution in [-0.2, 0) is 4.79 Å². The summed E-state index contributed by atoms with van der Waals surface area (Å²) in [6.45, 7) is 0. The van der Waals surface area contributed by atoms with Gasteiger partial charge in [0.2, 0.25) is 5.91 Å². The van der Waals surface area contributed by atoms with Crippen molar-refractivity contribution in [1.29, 1.82) is 0 Å². The predicted molar refractivity (Wildman–Crippen MR) is 111 cm³/mol. The van der Waals surface area contributed by atoms with Gasteiger partial charge < -0.3 is 5.32 Å². The first-order valence-corrected chi connectivity index (χ1v) is 9.21. The summed E-state index contributed by atoms with van der Waals surface area (Å²) in [7, 11) is 0. The van der Waals surface area contributed by atoms with E-state index in [1.54, 1.807) is 16.8 Å². The highest BCUT2D eigenvalue weighted by Crippen LogP contribution is 2.21. The van der Waals surface area contributed by atoms with E-state index in [0.717, 1.165) is 22.4 Å². The van der Waals surface area contributed by atoms with Gasteiger partial charge in [-0.15, -0.1) is 5.10 Å². The van der Waals surface area contributed by atoms with E-state index in [2.05, 4.69) is 20.8 Å². The summed E-state index contributed by atoms with van der Waals surface area (Å²) in [5, 5.41) is 14.2. The van der Waals surface area contributed by atoms with E-state index in [9.17, 15) is 4.79 Å². The van der Waals surface area contributed by atoms with Crippen molar-refractivity contribution in [3.63, 3.8) is 0 Å². The highest BCUT2D eigenvalue weighted by atomic mass is 16.1. The first-order valence-electron chi connectivity index (χ1n) is 9.21. The lowest BCUT2D eigenvalue weighted by Gasteiger charge is -2.19. The number of amides is 1. The van der Waals surface area contributed by atoms with Gasteiger partial charge in [-0.1, -0.05) is 72.8 Å². The van der Waals surface area contributed by atoms with Gasteiger partial charge in [0.1, 0.15) is 6.33 Å². The van der Waals surface area contributed by atoms with Gasteiger partial charge in [0.25, 0.3) is 0 Å². The van der Waals surface area contributed by atoms with Gasteiger partial charge in [-0.05, 0) is 45.3 Å². The van der Waals surface area contributed by atoms with Gasteiger partial charge in [-0.2, -0.15) is 0 Å². The zero-order chi connectivity index (χ0) is 19.9. The average molecular weight is 381 g/mol. The Morgan fingerprint density at radius 2 is 1.48 bits per heavy atom. The summed E-state index contributed by atoms with van der Waals surface area (Å²) in [5.74, 6) is -0.160. The minimum atomic E-state index is -0.211. The van der Waals surface area contributed by atoms with Crippen molar-refractivity contribution in [2.75, 3.05) is 0 Å². The molecule has 3 aromatic carbocycles. The smallest absolute Gasteiger partial charge is 0.244 e. The van der Waals surface area contributed by atoms with Crippen LogP contribution in [0.15, 0.2) is 97.3 Å². The van der Waals surface area contributed by atoms with Gasteiger partial charge in [0.05, 0.1) is 11.7 Å². The van der Waals surface area contributed by atoms with Crippen molar-refractivity contribution in [3.05, 3.63) is 114 Å². The molecule has 0 radical (unpaired) electrons. The molecule has 1 aromatic heterocycles. The summed E-state index contributed by atoms with van der Waals surface area (Å²) in [6.07, 6.45) is 4.86. The molecule has 0 aliphatic heterocycles. The molecule has 1 N–H and O–H groups in total. The van der Waals surface area contributed by atoms with Crippen LogP contribution < -0.4 is 5.32 Å². The zero-order valence-corrected chi connectivity index (χ0v) is 15.6. The minimum absolute atomic E-state index is 0.160. The zero-order valence-electron chi connectivity index (χ0n) is 15.6. The van der Waals surface area contributed by atoms with E-state index >= 15 is 0 Å². The van der Waals surface area contributed by atoms with Crippen LogP contribution in [0.25, 0.3) is 11.8 Å². The Balaban J connectivity index is 1.48. The molecule has 1 heterocycles. The van der Waals surface area contributed by atoms with Crippen LogP contribution in [-0.4, -0.2) is 26.1 Å². The first kappa shape index (κ1) is 18.3. The molecule has 0 aliphatic rings. The standard InChI is InChI=1S/C23H19N5O/c29-22(16-13-18-11-14-21(15-12-18)28-17-24-26-27-28)25-23(19-7-3-1-4-8-19)20-9-5-2-6-10-20/h1-17,23H,(H,25,29)/b16-13+. The Labute approximate surface area is 168 Å². The fraction of sp³-hybridized carbons (Fsp3) is 0.0435. The number of benzene rings is 3. The number of aromatic nitrogens is 4. The quantitative estimate of drug-likeness (QED) is 0.518. The predicted octanol–water partition coefficient (Wildman–Crippen LogP) is 3.58. The summed E-state index contributed by atoms with van der Waals surface area (Å²) in [4.78, 5) is 12.6. The SMILES string of the molecule is O=C(/C=C/c1ccc(-n2cnnn2)cc1)NC(c1ccccc1)c1ccccc1. The van der Waals surface area contributed by atoms with E-state index < -0.39 is 0 Å². The summed E-state index contributed by atoms with van der Waals surface area (Å²) >= 11 is 0. The van der Waals surface area contributed by atoms with Crippen molar-refractivity contribution in [1.82, 2.24) is 25.5 Å². The van der Waals surface area contributed by atoms with E-state index in [1.807, 2.05) is 84.9 Å². The van der Waals surface area contributed by atoms with E-state index in [0.29, 0.717) is 0 Å². The Bertz CT molecular complexity index is 1040. The maximum absolute atomic E-state index is 12.6. The Hall–Kier alpha value is -4.06. The highest BCUT2D eigenvalue weighted by molar-refractivity contribution is 5.92. The third kappa shape index (κ3) is 4.62. The van der Waals surface area contributed by atoms with Crippen LogP contribution >= 0.6 is 0 Å². The number of carbonyl (C=O) groups excluding carboxylic acids is 1. The summed E-state index contributed by atoms with van der Waals surface area (Å²) < 4.78 is 1.57. The molecule has 0 saturated heterocycles. The van der Waals surface area contributed by atoms with Gasteiger partial charge >= 0.3 is 0 Å². The molecule has 4 rings (SSSR count). The number of hydrogen-bond donors (Lipinski definition) is 1. The van der Waals surface area contributed by atoms with Gasteiger partial charge in [-0.3, -0.25) is 4.79 Å². The molecule has 0 fully saturated rings. The molecule has 29 heavy (non-hydrogen) atoms. The number of nitrogens with one attached hydrogen (secondary N) is 1. The lowest BCUT2D eigenvalue weighted by atomic mass is 9.98. The molecule has 0 atom stereocenters. The molecule has 0 aliphatic carbocycles. The Morgan fingerprint density at radius 3 is 2.03 bits per heavy atom. The largest absolute Gasteiger partial charge is 0.342 e. The van der Waals surface area contributed by atoms with Crippen molar-refractivity contribution >= 4 is 12.0 Å². The molecule has 0 spiro atoms. The molecule has 4 aromatic rings. The van der Waals surface area contributed by atoms with Crippen molar-refractivity contribution in [3.8, 4) is 5.69 Å². The maximum atomic E-state index is 12.6. The third-order valence-electron chi connectivity index (χ3n) is 4.49. The molecule has 6 heteroatoms. The van der Waals surface area contributed by atoms with Crippen LogP contribution in [0.5, 0.6) is 0 Å². The second-order valence-electron chi connectivity index (χ2n) is 6.44. The monoisotopic (exact) mass is 381 g/mol. The second-order valence-corrected chi connectivity index (χ2v) is 6.44. The van der Waals surface area contributed by atoms with E-state index in [4.69, 9.17) is 0 Å². The molecule has 6 nitrogen and oxygen atoms in total. The van der Waals surface area contributed by atoms with Crippen LogP contribution in [0.4, 0.5) is 0 Å². The van der Waals surface area contributed by atoms with Crippen molar-refractivity contribution in [2.24, 2.45) is 0 Å². The molecule has 142 valence electrons. The number of carbonyl (C=O) groups is 1. The fourth-order valence-electron chi connectivity index (χ4n) is 3.03. The van der Waals surface area contributed by atoms with Gasteiger partial charge in [0, 0.05) is 6.08 Å². The number of tetrazole rings is 1. The number of rotatable bonds is 6. The molecular weight excluding hydrogens is 362 g/mol. The van der Waals surface area contributed by atoms with Crippen molar-refractivity contribution < 1.29 is 4.79 Å². The highest BCUT2D eigenvalue weighted by Gasteiger charge is 2.15. The summed E-state index contributed by atoms with van der Waals surface area (Å²) in [6, 6.07) is 27.3. The van der Waals surface area contributed by atoms with Crippen molar-refractivity contribution in [2.45, 2.75) is 6.04 Å². The van der Waals surface area contributed by atoms with Crippen LogP contribution in [0.3, 0.4) is 0 Å². The third-order valence-corrected chi connectivity index (χ3v) is 4.49. The molecule has 0 saturated carbocycles. The van der Waals surface area contributed by atoms with Crippen LogP contribution in [0, 0.1) is 0 Å². The Kier molecular flexibility index (Phi) is 5.53. The average Bonchev–Trinajstić information content (AvgIpc) is 3.33. The van der Waals surface area contributed by atoms with Gasteiger partial charge in [0.15, 0.2) is 0 Å². The lowest BCUT2D eigenvalue weighted by Crippen LogP contribution is -2.27. The molecule has 0 unspecified atom stereocenters. The normalized spacial score (nSPS) is 11.1. The Morgan fingerprint density at radius 1 is 0.862 bits per heavy atom. The minimum Gasteiger partial charge on any atom is -0.342 e. The molecule has 0 bridgehead atoms. The summed E-state index contributed by atoms with van der Waals surface area (Å²) in [5.41, 5.74) is 3.83. The van der Waals surface area contributed by atoms with Gasteiger partial charge in [-0.25, -0.2) is 4.68 Å². The fourth-order valence-corrected chi connectivity index (χ4v) is 3.03. The lowest BCUT2D eigenvalue weighted by molar-refractivity contribution is -0.116. The first-order chi connectivity index (χ1) is 14.3. The maximum Gasteiger partial charge on any atom is 0.244 e. The second kappa shape index (κ2) is 8.75. The number of nitrogens with zero attached hydrogens (tertiary/aromatic N) is 4. The van der Waals surface area contributed by atoms with E-state index in [-0.39, 0.29) is 11.9 Å². The molecular formula is C23H19N5O.